The summed E-state index contributed by atoms with van der Waals surface area (Å²) < 4.78 is 17.3. The van der Waals surface area contributed by atoms with E-state index in [4.69, 9.17) is 14.2 Å². The van der Waals surface area contributed by atoms with Crippen LogP contribution in [-0.2, 0) is 41.4 Å². The molecule has 32 heavy (non-hydrogen) atoms. The molecule has 2 unspecified atom stereocenters. The van der Waals surface area contributed by atoms with Crippen LogP contribution in [0, 0.1) is 0 Å². The summed E-state index contributed by atoms with van der Waals surface area (Å²) in [4.78, 5) is 26.5. The first-order chi connectivity index (χ1) is 15.6. The van der Waals surface area contributed by atoms with E-state index in [1.165, 1.54) is 14.2 Å². The van der Waals surface area contributed by atoms with Crippen molar-refractivity contribution in [2.45, 2.75) is 17.6 Å². The van der Waals surface area contributed by atoms with Gasteiger partial charge in [-0.2, -0.15) is 0 Å². The highest BCUT2D eigenvalue weighted by Crippen LogP contribution is 2.64. The fourth-order valence-corrected chi connectivity index (χ4v) is 5.11. The molecule has 2 heterocycles. The normalized spacial score (nSPS) is 23.1. The van der Waals surface area contributed by atoms with Crippen molar-refractivity contribution in [2.75, 3.05) is 14.2 Å². The van der Waals surface area contributed by atoms with Crippen molar-refractivity contribution < 1.29 is 23.8 Å². The van der Waals surface area contributed by atoms with Crippen molar-refractivity contribution in [1.29, 1.82) is 0 Å². The van der Waals surface area contributed by atoms with Crippen molar-refractivity contribution in [3.05, 3.63) is 118 Å². The molecule has 0 N–H and O–H groups in total. The van der Waals surface area contributed by atoms with Crippen molar-refractivity contribution in [3.63, 3.8) is 0 Å². The minimum Gasteiger partial charge on any atom is -0.466 e. The van der Waals surface area contributed by atoms with Crippen LogP contribution in [0.25, 0.3) is 0 Å². The summed E-state index contributed by atoms with van der Waals surface area (Å²) in [6, 6.07) is 27.0. The predicted octanol–water partition coefficient (Wildman–Crippen LogP) is 4.05. The maximum absolute atomic E-state index is 13.2. The Balaban J connectivity index is 1.89. The Bertz CT molecular complexity index is 1230. The molecule has 160 valence electrons. The topological polar surface area (TPSA) is 61.8 Å². The van der Waals surface area contributed by atoms with E-state index in [2.05, 4.69) is 0 Å². The lowest BCUT2D eigenvalue weighted by Gasteiger charge is -2.30. The molecule has 0 saturated carbocycles. The summed E-state index contributed by atoms with van der Waals surface area (Å²) in [5.41, 5.74) is 1.30. The number of methoxy groups -OCH3 is 2. The van der Waals surface area contributed by atoms with Gasteiger partial charge in [0.2, 0.25) is 0 Å². The van der Waals surface area contributed by atoms with Gasteiger partial charge in [-0.1, -0.05) is 84.9 Å². The van der Waals surface area contributed by atoms with Gasteiger partial charge in [0.1, 0.15) is 5.60 Å². The summed E-state index contributed by atoms with van der Waals surface area (Å²) in [5, 5.41) is 0. The van der Waals surface area contributed by atoms with Gasteiger partial charge in [-0.3, -0.25) is 0 Å². The number of esters is 2. The largest absolute Gasteiger partial charge is 0.466 e. The zero-order valence-electron chi connectivity index (χ0n) is 17.8. The number of fused-ring (bicyclic) bond motifs is 5. The van der Waals surface area contributed by atoms with Gasteiger partial charge in [-0.05, 0) is 22.3 Å². The minimum atomic E-state index is -1.27. The van der Waals surface area contributed by atoms with Gasteiger partial charge in [0.05, 0.1) is 25.4 Å². The second kappa shape index (κ2) is 7.46. The number of carbonyl (C=O) groups excluding carboxylic acids is 2. The second-order valence-corrected chi connectivity index (χ2v) is 7.92. The smallest absolute Gasteiger partial charge is 0.338 e. The molecule has 0 spiro atoms. The van der Waals surface area contributed by atoms with Gasteiger partial charge in [0.25, 0.3) is 0 Å². The summed E-state index contributed by atoms with van der Waals surface area (Å²) in [6.45, 7) is 0. The Labute approximate surface area is 186 Å². The third-order valence-corrected chi connectivity index (χ3v) is 6.33. The van der Waals surface area contributed by atoms with E-state index in [-0.39, 0.29) is 11.1 Å². The molecule has 0 aliphatic carbocycles. The van der Waals surface area contributed by atoms with Crippen molar-refractivity contribution in [1.82, 2.24) is 0 Å². The first kappa shape index (κ1) is 20.2. The fraction of sp³-hybridized carbons (Fsp3) is 0.185. The molecule has 0 fully saturated rings. The van der Waals surface area contributed by atoms with E-state index in [0.717, 1.165) is 22.3 Å². The minimum absolute atomic E-state index is 0.174. The van der Waals surface area contributed by atoms with Gasteiger partial charge < -0.3 is 14.2 Å². The Morgan fingerprint density at radius 1 is 0.719 bits per heavy atom. The van der Waals surface area contributed by atoms with E-state index < -0.39 is 23.1 Å². The second-order valence-electron chi connectivity index (χ2n) is 7.92. The first-order valence-corrected chi connectivity index (χ1v) is 10.4. The summed E-state index contributed by atoms with van der Waals surface area (Å²) >= 11 is 0. The Morgan fingerprint density at radius 3 is 1.88 bits per heavy atom. The first-order valence-electron chi connectivity index (χ1n) is 10.4. The van der Waals surface area contributed by atoms with Gasteiger partial charge in [-0.15, -0.1) is 0 Å². The van der Waals surface area contributed by atoms with Crippen LogP contribution in [0.15, 0.2) is 96.1 Å². The van der Waals surface area contributed by atoms with Crippen molar-refractivity contribution in [3.8, 4) is 0 Å². The molecule has 3 aromatic carbocycles. The maximum atomic E-state index is 13.2. The van der Waals surface area contributed by atoms with Crippen LogP contribution in [0.1, 0.15) is 22.3 Å². The number of rotatable bonds is 5. The van der Waals surface area contributed by atoms with Crippen LogP contribution >= 0.6 is 0 Å². The quantitative estimate of drug-likeness (QED) is 0.576. The van der Waals surface area contributed by atoms with Crippen molar-refractivity contribution in [2.24, 2.45) is 0 Å². The van der Waals surface area contributed by atoms with Crippen LogP contribution in [0.3, 0.4) is 0 Å². The molecular formula is C27H22O5. The third-order valence-electron chi connectivity index (χ3n) is 6.33. The number of benzene rings is 3. The number of hydrogen-bond acceptors (Lipinski definition) is 5. The number of hydrogen-bond donors (Lipinski definition) is 0. The van der Waals surface area contributed by atoms with Gasteiger partial charge in [0.15, 0.2) is 5.60 Å². The van der Waals surface area contributed by atoms with Gasteiger partial charge in [0, 0.05) is 6.42 Å². The van der Waals surface area contributed by atoms with E-state index in [1.807, 2.05) is 84.9 Å². The highest BCUT2D eigenvalue weighted by Gasteiger charge is 2.68. The summed E-state index contributed by atoms with van der Waals surface area (Å²) in [5.74, 6) is -1.22. The molecule has 2 atom stereocenters. The van der Waals surface area contributed by atoms with Crippen molar-refractivity contribution >= 4 is 11.9 Å². The van der Waals surface area contributed by atoms with E-state index in [9.17, 15) is 9.59 Å². The van der Waals surface area contributed by atoms with Crippen LogP contribution in [0.5, 0.6) is 0 Å². The molecule has 0 radical (unpaired) electrons. The van der Waals surface area contributed by atoms with Crippen LogP contribution in [0.2, 0.25) is 0 Å². The fourth-order valence-electron chi connectivity index (χ4n) is 5.11. The molecule has 2 aliphatic rings. The molecular weight excluding hydrogens is 404 g/mol. The lowest BCUT2D eigenvalue weighted by Crippen LogP contribution is -2.35. The number of ether oxygens (including phenoxy) is 3. The highest BCUT2D eigenvalue weighted by molar-refractivity contribution is 6.07. The molecule has 5 rings (SSSR count). The molecule has 2 aliphatic heterocycles. The van der Waals surface area contributed by atoms with Gasteiger partial charge in [-0.25, -0.2) is 9.59 Å². The molecule has 0 aromatic heterocycles. The van der Waals surface area contributed by atoms with Crippen LogP contribution < -0.4 is 0 Å². The summed E-state index contributed by atoms with van der Waals surface area (Å²) in [7, 11) is 2.62. The Hall–Kier alpha value is -3.70. The van der Waals surface area contributed by atoms with E-state index in [1.54, 1.807) is 0 Å². The van der Waals surface area contributed by atoms with E-state index >= 15 is 0 Å². The molecule has 5 nitrogen and oxygen atoms in total. The average molecular weight is 426 g/mol. The standard InChI is InChI=1S/C27H22O5/c1-30-24(28)22-23(25(29)31-2)27(19-13-7-4-8-14-19)21-16-10-9-15-20(21)26(22,32-27)17-18-11-5-3-6-12-18/h3-16H,17H2,1-2H3. The molecule has 0 amide bonds. The molecule has 0 saturated heterocycles. The maximum Gasteiger partial charge on any atom is 0.338 e. The van der Waals surface area contributed by atoms with Gasteiger partial charge >= 0.3 is 11.9 Å². The zero-order chi connectivity index (χ0) is 22.3. The third kappa shape index (κ3) is 2.61. The monoisotopic (exact) mass is 426 g/mol. The predicted molar refractivity (Wildman–Crippen MR) is 118 cm³/mol. The Kier molecular flexibility index (Phi) is 4.72. The lowest BCUT2D eigenvalue weighted by atomic mass is 9.68. The molecule has 2 bridgehead atoms. The molecule has 5 heteroatoms. The Morgan fingerprint density at radius 2 is 1.25 bits per heavy atom. The zero-order valence-corrected chi connectivity index (χ0v) is 17.8. The lowest BCUT2D eigenvalue weighted by molar-refractivity contribution is -0.140. The number of carbonyl (C=O) groups is 2. The van der Waals surface area contributed by atoms with Crippen LogP contribution in [-0.4, -0.2) is 26.2 Å². The molecule has 3 aromatic rings. The van der Waals surface area contributed by atoms with E-state index in [0.29, 0.717) is 6.42 Å². The average Bonchev–Trinajstić information content (AvgIpc) is 3.32. The van der Waals surface area contributed by atoms with Crippen LogP contribution in [0.4, 0.5) is 0 Å². The summed E-state index contributed by atoms with van der Waals surface area (Å²) in [6.07, 6.45) is 0.365. The highest BCUT2D eigenvalue weighted by atomic mass is 16.6. The SMILES string of the molecule is COC(=O)C1=C(C(=O)OC)C2(c3ccccc3)OC1(Cc1ccccc1)c1ccccc12.